The highest BCUT2D eigenvalue weighted by atomic mass is 32.2. The van der Waals surface area contributed by atoms with E-state index in [2.05, 4.69) is 15.1 Å². The summed E-state index contributed by atoms with van der Waals surface area (Å²) in [5.41, 5.74) is 0.800. The summed E-state index contributed by atoms with van der Waals surface area (Å²) in [5.74, 6) is 1.16. The Hall–Kier alpha value is -1.95. The molecular weight excluding hydrogens is 448 g/mol. The van der Waals surface area contributed by atoms with Gasteiger partial charge in [-0.15, -0.1) is 10.2 Å². The van der Waals surface area contributed by atoms with Gasteiger partial charge in [0.1, 0.15) is 0 Å². The summed E-state index contributed by atoms with van der Waals surface area (Å²) in [5, 5.41) is 9.31. The Morgan fingerprint density at radius 1 is 1.00 bits per heavy atom. The Labute approximate surface area is 193 Å². The largest absolute Gasteiger partial charge is 0.342 e. The molecule has 0 saturated carbocycles. The summed E-state index contributed by atoms with van der Waals surface area (Å²) in [7, 11) is -1.51. The van der Waals surface area contributed by atoms with Gasteiger partial charge in [-0.25, -0.2) is 8.42 Å². The molecule has 1 amide bonds. The summed E-state index contributed by atoms with van der Waals surface area (Å²) < 4.78 is 29.4. The lowest BCUT2D eigenvalue weighted by Gasteiger charge is -2.31. The van der Waals surface area contributed by atoms with Gasteiger partial charge in [-0.1, -0.05) is 11.8 Å². The van der Waals surface area contributed by atoms with Crippen molar-refractivity contribution in [3.05, 3.63) is 24.3 Å². The Balaban J connectivity index is 1.47. The van der Waals surface area contributed by atoms with E-state index < -0.39 is 10.0 Å². The van der Waals surface area contributed by atoms with Gasteiger partial charge in [-0.2, -0.15) is 4.31 Å². The zero-order valence-corrected chi connectivity index (χ0v) is 20.2. The average Bonchev–Trinajstić information content (AvgIpc) is 3.48. The molecule has 1 aromatic carbocycles. The molecule has 0 unspecified atom stereocenters. The van der Waals surface area contributed by atoms with E-state index in [9.17, 15) is 13.2 Å². The third-order valence-electron chi connectivity index (χ3n) is 6.03. The molecule has 2 saturated heterocycles. The number of likely N-dealkylation sites (tertiary alicyclic amines) is 1. The quantitative estimate of drug-likeness (QED) is 0.559. The van der Waals surface area contributed by atoms with E-state index in [-0.39, 0.29) is 5.91 Å². The summed E-state index contributed by atoms with van der Waals surface area (Å²) in [6, 6.07) is 6.84. The van der Waals surface area contributed by atoms with Crippen molar-refractivity contribution in [3.63, 3.8) is 0 Å². The van der Waals surface area contributed by atoms with Gasteiger partial charge in [-0.05, 0) is 51.1 Å². The second-order valence-corrected chi connectivity index (χ2v) is 11.0. The van der Waals surface area contributed by atoms with Crippen molar-refractivity contribution in [3.8, 4) is 11.4 Å². The first kappa shape index (κ1) is 23.2. The molecule has 2 aliphatic heterocycles. The number of sulfonamides is 1. The first-order valence-corrected chi connectivity index (χ1v) is 13.5. The number of hydrogen-bond donors (Lipinski definition) is 0. The lowest BCUT2D eigenvalue weighted by atomic mass is 10.2. The fourth-order valence-corrected chi connectivity index (χ4v) is 6.36. The SMILES string of the molecule is CCn1c(SCC(=O)N2CCCC2)nnc1-c1ccc(S(=O)(=O)N2CCN(C)CC2)cc1. The van der Waals surface area contributed by atoms with Crippen molar-refractivity contribution in [2.45, 2.75) is 36.4 Å². The predicted octanol–water partition coefficient (Wildman–Crippen LogP) is 1.62. The molecular formula is C21H30N6O3S2. The highest BCUT2D eigenvalue weighted by molar-refractivity contribution is 7.99. The highest BCUT2D eigenvalue weighted by Gasteiger charge is 2.27. The molecule has 32 heavy (non-hydrogen) atoms. The summed E-state index contributed by atoms with van der Waals surface area (Å²) >= 11 is 1.40. The van der Waals surface area contributed by atoms with E-state index in [4.69, 9.17) is 0 Å². The van der Waals surface area contributed by atoms with Gasteiger partial charge in [-0.3, -0.25) is 4.79 Å². The van der Waals surface area contributed by atoms with Gasteiger partial charge in [0.2, 0.25) is 15.9 Å². The van der Waals surface area contributed by atoms with Crippen molar-refractivity contribution in [2.24, 2.45) is 0 Å². The third-order valence-corrected chi connectivity index (χ3v) is 8.89. The Kier molecular flexibility index (Phi) is 7.18. The smallest absolute Gasteiger partial charge is 0.243 e. The van der Waals surface area contributed by atoms with Gasteiger partial charge in [0, 0.05) is 51.4 Å². The van der Waals surface area contributed by atoms with E-state index in [0.29, 0.717) is 41.3 Å². The van der Waals surface area contributed by atoms with Gasteiger partial charge < -0.3 is 14.4 Å². The average molecular weight is 479 g/mol. The Morgan fingerprint density at radius 2 is 1.66 bits per heavy atom. The first-order chi connectivity index (χ1) is 15.4. The van der Waals surface area contributed by atoms with E-state index in [1.165, 1.54) is 11.8 Å². The number of carbonyl (C=O) groups excluding carboxylic acids is 1. The number of likely N-dealkylation sites (N-methyl/N-ethyl adjacent to an activating group) is 1. The maximum absolute atomic E-state index is 13.0. The monoisotopic (exact) mass is 478 g/mol. The topological polar surface area (TPSA) is 91.6 Å². The third kappa shape index (κ3) is 4.85. The molecule has 4 rings (SSSR count). The summed E-state index contributed by atoms with van der Waals surface area (Å²) in [6.45, 7) is 6.82. The fourth-order valence-electron chi connectivity index (χ4n) is 4.03. The molecule has 2 fully saturated rings. The van der Waals surface area contributed by atoms with E-state index in [0.717, 1.165) is 44.6 Å². The first-order valence-electron chi connectivity index (χ1n) is 11.0. The van der Waals surface area contributed by atoms with Gasteiger partial charge in [0.15, 0.2) is 11.0 Å². The van der Waals surface area contributed by atoms with Crippen molar-refractivity contribution in [2.75, 3.05) is 52.1 Å². The van der Waals surface area contributed by atoms with Crippen LogP contribution in [-0.4, -0.2) is 95.3 Å². The van der Waals surface area contributed by atoms with Crippen LogP contribution in [0.2, 0.25) is 0 Å². The molecule has 2 aromatic rings. The molecule has 0 atom stereocenters. The van der Waals surface area contributed by atoms with Crippen LogP contribution in [0.1, 0.15) is 19.8 Å². The van der Waals surface area contributed by atoms with Crippen LogP contribution in [0.5, 0.6) is 0 Å². The van der Waals surface area contributed by atoms with Crippen molar-refractivity contribution < 1.29 is 13.2 Å². The van der Waals surface area contributed by atoms with Gasteiger partial charge in [0.05, 0.1) is 10.6 Å². The standard InChI is InChI=1S/C21H30N6O3S2/c1-3-27-20(22-23-21(27)31-16-19(28)25-10-4-5-11-25)17-6-8-18(9-7-17)32(29,30)26-14-12-24(2)13-15-26/h6-9H,3-5,10-16H2,1-2H3. The Morgan fingerprint density at radius 3 is 2.28 bits per heavy atom. The van der Waals surface area contributed by atoms with Gasteiger partial charge in [0.25, 0.3) is 0 Å². The van der Waals surface area contributed by atoms with Crippen molar-refractivity contribution in [1.29, 1.82) is 0 Å². The minimum Gasteiger partial charge on any atom is -0.342 e. The number of piperazine rings is 1. The number of thioether (sulfide) groups is 1. The molecule has 9 nitrogen and oxygen atoms in total. The molecule has 0 radical (unpaired) electrons. The second-order valence-electron chi connectivity index (χ2n) is 8.16. The molecule has 174 valence electrons. The van der Waals surface area contributed by atoms with Crippen molar-refractivity contribution >= 4 is 27.7 Å². The highest BCUT2D eigenvalue weighted by Crippen LogP contribution is 2.26. The van der Waals surface area contributed by atoms with E-state index in [1.54, 1.807) is 28.6 Å². The minimum atomic E-state index is -3.50. The van der Waals surface area contributed by atoms with Crippen molar-refractivity contribution in [1.82, 2.24) is 28.9 Å². The number of rotatable bonds is 7. The number of carbonyl (C=O) groups is 1. The number of amides is 1. The molecule has 11 heteroatoms. The van der Waals surface area contributed by atoms with E-state index >= 15 is 0 Å². The predicted molar refractivity (Wildman–Crippen MR) is 124 cm³/mol. The van der Waals surface area contributed by atoms with E-state index in [1.807, 2.05) is 23.4 Å². The summed E-state index contributed by atoms with van der Waals surface area (Å²) in [6.07, 6.45) is 2.15. The Bertz CT molecular complexity index is 1040. The molecule has 1 aromatic heterocycles. The number of nitrogens with zero attached hydrogens (tertiary/aromatic N) is 6. The van der Waals surface area contributed by atoms with Crippen LogP contribution in [0.25, 0.3) is 11.4 Å². The summed E-state index contributed by atoms with van der Waals surface area (Å²) in [4.78, 5) is 16.7. The molecule has 0 spiro atoms. The van der Waals surface area contributed by atoms with Crippen LogP contribution >= 0.6 is 11.8 Å². The normalized spacial score (nSPS) is 18.4. The van der Waals surface area contributed by atoms with Crippen LogP contribution in [-0.2, 0) is 21.4 Å². The molecule has 0 bridgehead atoms. The van der Waals surface area contributed by atoms with Crippen LogP contribution in [0, 0.1) is 0 Å². The number of aromatic nitrogens is 3. The zero-order valence-electron chi connectivity index (χ0n) is 18.6. The van der Waals surface area contributed by atoms with Crippen LogP contribution < -0.4 is 0 Å². The van der Waals surface area contributed by atoms with Crippen LogP contribution in [0.3, 0.4) is 0 Å². The second kappa shape index (κ2) is 9.90. The minimum absolute atomic E-state index is 0.137. The van der Waals surface area contributed by atoms with Crippen LogP contribution in [0.4, 0.5) is 0 Å². The zero-order chi connectivity index (χ0) is 22.7. The lowest BCUT2D eigenvalue weighted by molar-refractivity contribution is -0.127. The number of benzene rings is 1. The molecule has 3 heterocycles. The van der Waals surface area contributed by atoms with Gasteiger partial charge >= 0.3 is 0 Å². The lowest BCUT2D eigenvalue weighted by Crippen LogP contribution is -2.46. The molecule has 2 aliphatic rings. The van der Waals surface area contributed by atoms with Crippen LogP contribution in [0.15, 0.2) is 34.3 Å². The fraction of sp³-hybridized carbons (Fsp3) is 0.571. The maximum Gasteiger partial charge on any atom is 0.243 e. The molecule has 0 N–H and O–H groups in total. The number of hydrogen-bond acceptors (Lipinski definition) is 7. The molecule has 0 aliphatic carbocycles. The maximum atomic E-state index is 13.0.